The van der Waals surface area contributed by atoms with Crippen LogP contribution in [-0.2, 0) is 4.79 Å². The molecule has 0 saturated carbocycles. The van der Waals surface area contributed by atoms with E-state index in [0.29, 0.717) is 6.54 Å². The van der Waals surface area contributed by atoms with Crippen LogP contribution in [0.1, 0.15) is 19.4 Å². The molecule has 1 atom stereocenters. The third-order valence-corrected chi connectivity index (χ3v) is 4.41. The first-order valence-electron chi connectivity index (χ1n) is 8.89. The Labute approximate surface area is 159 Å². The second kappa shape index (κ2) is 7.88. The van der Waals surface area contributed by atoms with Gasteiger partial charge in [-0.25, -0.2) is 0 Å². The number of nitrogens with one attached hydrogen (secondary N) is 2. The standard InChI is InChI=1S/C22H22N4O/c1-14(12-23)13-25-22-15(2)4-5-17-6-7-18(10-20(17)22)21-11-19(8-9-24-21)26-16(3)27/h4-11,14,25H,13H2,1-3H3,(H,24,26,27). The lowest BCUT2D eigenvalue weighted by Gasteiger charge is -2.15. The lowest BCUT2D eigenvalue weighted by atomic mass is 10.00. The minimum atomic E-state index is -0.112. The average Bonchev–Trinajstić information content (AvgIpc) is 2.66. The molecule has 0 fully saturated rings. The van der Waals surface area contributed by atoms with Gasteiger partial charge in [0, 0.05) is 42.0 Å². The fourth-order valence-electron chi connectivity index (χ4n) is 2.99. The lowest BCUT2D eigenvalue weighted by Crippen LogP contribution is -2.10. The van der Waals surface area contributed by atoms with Crippen LogP contribution in [0.25, 0.3) is 22.0 Å². The van der Waals surface area contributed by atoms with Crippen LogP contribution in [0.3, 0.4) is 0 Å². The number of amides is 1. The van der Waals surface area contributed by atoms with Gasteiger partial charge in [0.25, 0.3) is 0 Å². The van der Waals surface area contributed by atoms with E-state index >= 15 is 0 Å². The normalized spacial score (nSPS) is 11.6. The molecule has 5 nitrogen and oxygen atoms in total. The van der Waals surface area contributed by atoms with Crippen LogP contribution in [0.15, 0.2) is 48.7 Å². The van der Waals surface area contributed by atoms with E-state index in [4.69, 9.17) is 5.26 Å². The lowest BCUT2D eigenvalue weighted by molar-refractivity contribution is -0.114. The molecule has 136 valence electrons. The van der Waals surface area contributed by atoms with E-state index in [1.165, 1.54) is 6.92 Å². The largest absolute Gasteiger partial charge is 0.383 e. The minimum absolute atomic E-state index is 0.0705. The van der Waals surface area contributed by atoms with E-state index in [0.717, 1.165) is 39.0 Å². The van der Waals surface area contributed by atoms with Gasteiger partial charge < -0.3 is 10.6 Å². The summed E-state index contributed by atoms with van der Waals surface area (Å²) in [7, 11) is 0. The van der Waals surface area contributed by atoms with Gasteiger partial charge in [-0.1, -0.05) is 24.3 Å². The molecule has 2 aromatic carbocycles. The van der Waals surface area contributed by atoms with E-state index in [1.54, 1.807) is 12.3 Å². The third kappa shape index (κ3) is 4.24. The fraction of sp³-hybridized carbons (Fsp3) is 0.227. The van der Waals surface area contributed by atoms with Crippen molar-refractivity contribution in [3.63, 3.8) is 0 Å². The molecular weight excluding hydrogens is 336 g/mol. The molecule has 1 unspecified atom stereocenters. The summed E-state index contributed by atoms with van der Waals surface area (Å²) in [6.45, 7) is 6.04. The molecule has 0 aliphatic rings. The molecule has 1 aromatic heterocycles. The van der Waals surface area contributed by atoms with Crippen LogP contribution in [0.2, 0.25) is 0 Å². The zero-order chi connectivity index (χ0) is 19.4. The van der Waals surface area contributed by atoms with E-state index in [9.17, 15) is 4.79 Å². The summed E-state index contributed by atoms with van der Waals surface area (Å²) < 4.78 is 0. The number of nitriles is 1. The zero-order valence-corrected chi connectivity index (χ0v) is 15.7. The number of carbonyl (C=O) groups is 1. The maximum Gasteiger partial charge on any atom is 0.221 e. The van der Waals surface area contributed by atoms with E-state index in [1.807, 2.05) is 19.1 Å². The number of anilines is 2. The van der Waals surface area contributed by atoms with E-state index in [2.05, 4.69) is 52.9 Å². The number of hydrogen-bond donors (Lipinski definition) is 2. The number of rotatable bonds is 5. The van der Waals surface area contributed by atoms with Crippen LogP contribution in [0.4, 0.5) is 11.4 Å². The fourth-order valence-corrected chi connectivity index (χ4v) is 2.99. The molecule has 0 radical (unpaired) electrons. The first-order chi connectivity index (χ1) is 13.0. The molecule has 0 aliphatic heterocycles. The number of aromatic nitrogens is 1. The second-order valence-electron chi connectivity index (χ2n) is 6.72. The van der Waals surface area contributed by atoms with Gasteiger partial charge in [0.1, 0.15) is 0 Å². The molecule has 27 heavy (non-hydrogen) atoms. The van der Waals surface area contributed by atoms with Gasteiger partial charge in [0.15, 0.2) is 0 Å². The summed E-state index contributed by atoms with van der Waals surface area (Å²) >= 11 is 0. The zero-order valence-electron chi connectivity index (χ0n) is 15.7. The number of carbonyl (C=O) groups excluding carboxylic acids is 1. The van der Waals surface area contributed by atoms with Crippen molar-refractivity contribution in [3.05, 3.63) is 54.2 Å². The summed E-state index contributed by atoms with van der Waals surface area (Å²) in [5.41, 5.74) is 4.65. The van der Waals surface area contributed by atoms with Crippen molar-refractivity contribution in [2.45, 2.75) is 20.8 Å². The van der Waals surface area contributed by atoms with Crippen molar-refractivity contribution in [2.24, 2.45) is 5.92 Å². The number of pyridine rings is 1. The Bertz CT molecular complexity index is 1040. The summed E-state index contributed by atoms with van der Waals surface area (Å²) in [5, 5.41) is 17.5. The second-order valence-corrected chi connectivity index (χ2v) is 6.72. The van der Waals surface area contributed by atoms with Crippen molar-refractivity contribution in [1.29, 1.82) is 5.26 Å². The van der Waals surface area contributed by atoms with Crippen LogP contribution < -0.4 is 10.6 Å². The summed E-state index contributed by atoms with van der Waals surface area (Å²) in [5.74, 6) is -0.182. The molecule has 3 aromatic rings. The molecule has 1 heterocycles. The molecule has 0 bridgehead atoms. The highest BCUT2D eigenvalue weighted by Gasteiger charge is 2.09. The molecule has 0 spiro atoms. The van der Waals surface area contributed by atoms with Crippen molar-refractivity contribution in [2.75, 3.05) is 17.2 Å². The number of nitrogens with zero attached hydrogens (tertiary/aromatic N) is 2. The van der Waals surface area contributed by atoms with Crippen molar-refractivity contribution in [3.8, 4) is 17.3 Å². The van der Waals surface area contributed by atoms with Crippen molar-refractivity contribution < 1.29 is 4.79 Å². The average molecular weight is 358 g/mol. The molecule has 5 heteroatoms. The smallest absolute Gasteiger partial charge is 0.221 e. The number of aryl methyl sites for hydroxylation is 1. The van der Waals surface area contributed by atoms with Crippen molar-refractivity contribution in [1.82, 2.24) is 4.98 Å². The number of benzene rings is 2. The third-order valence-electron chi connectivity index (χ3n) is 4.41. The highest BCUT2D eigenvalue weighted by atomic mass is 16.1. The van der Waals surface area contributed by atoms with Crippen LogP contribution in [-0.4, -0.2) is 17.4 Å². The van der Waals surface area contributed by atoms with E-state index < -0.39 is 0 Å². The molecule has 2 N–H and O–H groups in total. The maximum atomic E-state index is 11.3. The SMILES string of the molecule is CC(=O)Nc1ccnc(-c2ccc3ccc(C)c(NCC(C)C#N)c3c2)c1. The Morgan fingerprint density at radius 1 is 1.22 bits per heavy atom. The predicted octanol–water partition coefficient (Wildman–Crippen LogP) is 4.74. The maximum absolute atomic E-state index is 11.3. The van der Waals surface area contributed by atoms with Crippen LogP contribution in [0, 0.1) is 24.2 Å². The molecule has 1 amide bonds. The van der Waals surface area contributed by atoms with Gasteiger partial charge >= 0.3 is 0 Å². The molecular formula is C22H22N4O. The van der Waals surface area contributed by atoms with Crippen LogP contribution >= 0.6 is 0 Å². The van der Waals surface area contributed by atoms with Gasteiger partial charge in [0.2, 0.25) is 5.91 Å². The topological polar surface area (TPSA) is 77.8 Å². The monoisotopic (exact) mass is 358 g/mol. The quantitative estimate of drug-likeness (QED) is 0.690. The highest BCUT2D eigenvalue weighted by Crippen LogP contribution is 2.31. The Morgan fingerprint density at radius 3 is 2.74 bits per heavy atom. The number of fused-ring (bicyclic) bond motifs is 1. The van der Waals surface area contributed by atoms with Gasteiger partial charge in [-0.3, -0.25) is 9.78 Å². The summed E-state index contributed by atoms with van der Waals surface area (Å²) in [6, 6.07) is 16.3. The van der Waals surface area contributed by atoms with Gasteiger partial charge in [-0.2, -0.15) is 5.26 Å². The molecule has 0 saturated heterocycles. The Balaban J connectivity index is 2.03. The Hall–Kier alpha value is -3.39. The number of hydrogen-bond acceptors (Lipinski definition) is 4. The Morgan fingerprint density at radius 2 is 2.00 bits per heavy atom. The summed E-state index contributed by atoms with van der Waals surface area (Å²) in [6.07, 6.45) is 1.69. The van der Waals surface area contributed by atoms with Gasteiger partial charge in [0.05, 0.1) is 17.7 Å². The summed E-state index contributed by atoms with van der Waals surface area (Å²) in [4.78, 5) is 15.8. The minimum Gasteiger partial charge on any atom is -0.383 e. The predicted molar refractivity (Wildman–Crippen MR) is 109 cm³/mol. The molecule has 0 aliphatic carbocycles. The van der Waals surface area contributed by atoms with Crippen LogP contribution in [0.5, 0.6) is 0 Å². The Kier molecular flexibility index (Phi) is 5.37. The van der Waals surface area contributed by atoms with Gasteiger partial charge in [-0.15, -0.1) is 0 Å². The highest BCUT2D eigenvalue weighted by molar-refractivity contribution is 5.98. The van der Waals surface area contributed by atoms with Crippen molar-refractivity contribution >= 4 is 28.1 Å². The first kappa shape index (κ1) is 18.4. The molecule has 3 rings (SSSR count). The first-order valence-corrected chi connectivity index (χ1v) is 8.89. The van der Waals surface area contributed by atoms with E-state index in [-0.39, 0.29) is 11.8 Å². The van der Waals surface area contributed by atoms with Gasteiger partial charge in [-0.05, 0) is 43.0 Å².